The van der Waals surface area contributed by atoms with Crippen molar-refractivity contribution in [3.05, 3.63) is 21.3 Å². The molecule has 1 aromatic rings. The zero-order chi connectivity index (χ0) is 10.0. The summed E-state index contributed by atoms with van der Waals surface area (Å²) in [5.74, 6) is 0. The van der Waals surface area contributed by atoms with E-state index in [1.807, 2.05) is 11.4 Å². The van der Waals surface area contributed by atoms with E-state index in [1.165, 1.54) is 0 Å². The summed E-state index contributed by atoms with van der Waals surface area (Å²) in [4.78, 5) is 0.933. The monoisotopic (exact) mass is 231 g/mol. The summed E-state index contributed by atoms with van der Waals surface area (Å²) in [7, 11) is 0. The highest BCUT2D eigenvalue weighted by Gasteiger charge is 2.32. The third-order valence-electron chi connectivity index (χ3n) is 2.70. The van der Waals surface area contributed by atoms with E-state index in [2.05, 4.69) is 5.32 Å². The lowest BCUT2D eigenvalue weighted by Gasteiger charge is -2.25. The van der Waals surface area contributed by atoms with Crippen molar-refractivity contribution < 1.29 is 5.11 Å². The molecule has 0 spiro atoms. The van der Waals surface area contributed by atoms with Crippen molar-refractivity contribution >= 4 is 22.9 Å². The van der Waals surface area contributed by atoms with Crippen LogP contribution >= 0.6 is 22.9 Å². The van der Waals surface area contributed by atoms with Gasteiger partial charge in [0.05, 0.1) is 9.90 Å². The van der Waals surface area contributed by atoms with Gasteiger partial charge in [-0.05, 0) is 43.8 Å². The molecule has 4 heteroatoms. The molecule has 2 heterocycles. The van der Waals surface area contributed by atoms with Gasteiger partial charge >= 0.3 is 0 Å². The van der Waals surface area contributed by atoms with E-state index in [9.17, 15) is 5.11 Å². The first-order valence-electron chi connectivity index (χ1n) is 4.89. The van der Waals surface area contributed by atoms with Crippen molar-refractivity contribution in [1.82, 2.24) is 5.32 Å². The van der Waals surface area contributed by atoms with Gasteiger partial charge in [0.2, 0.25) is 0 Å². The quantitative estimate of drug-likeness (QED) is 0.778. The molecule has 1 aromatic heterocycles. The summed E-state index contributed by atoms with van der Waals surface area (Å²) >= 11 is 7.60. The minimum absolute atomic E-state index is 0.700. The van der Waals surface area contributed by atoms with Crippen LogP contribution in [-0.4, -0.2) is 18.2 Å². The lowest BCUT2D eigenvalue weighted by molar-refractivity contribution is 0.0278. The molecule has 2 rings (SSSR count). The van der Waals surface area contributed by atoms with E-state index in [0.29, 0.717) is 5.02 Å². The Balaban J connectivity index is 2.25. The predicted molar refractivity (Wildman–Crippen MR) is 59.9 cm³/mol. The van der Waals surface area contributed by atoms with Crippen LogP contribution in [0.3, 0.4) is 0 Å². The maximum absolute atomic E-state index is 10.5. The van der Waals surface area contributed by atoms with Gasteiger partial charge in [-0.25, -0.2) is 0 Å². The summed E-state index contributed by atoms with van der Waals surface area (Å²) in [5.41, 5.74) is -0.700. The average molecular weight is 232 g/mol. The Bertz CT molecular complexity index is 305. The zero-order valence-corrected chi connectivity index (χ0v) is 9.50. The van der Waals surface area contributed by atoms with Gasteiger partial charge in [-0.2, -0.15) is 0 Å². The highest BCUT2D eigenvalue weighted by atomic mass is 35.5. The van der Waals surface area contributed by atoms with Crippen molar-refractivity contribution in [2.45, 2.75) is 24.9 Å². The van der Waals surface area contributed by atoms with E-state index in [4.69, 9.17) is 11.6 Å². The molecule has 1 aliphatic rings. The van der Waals surface area contributed by atoms with Gasteiger partial charge in [0.25, 0.3) is 0 Å². The first kappa shape index (κ1) is 10.4. The first-order valence-corrected chi connectivity index (χ1v) is 6.15. The highest BCUT2D eigenvalue weighted by Crippen LogP contribution is 2.39. The Kier molecular flexibility index (Phi) is 3.12. The summed E-state index contributed by atoms with van der Waals surface area (Å²) in [6.45, 7) is 1.86. The fraction of sp³-hybridized carbons (Fsp3) is 0.600. The molecule has 0 aromatic carbocycles. The lowest BCUT2D eigenvalue weighted by Crippen LogP contribution is -2.26. The van der Waals surface area contributed by atoms with E-state index in [1.54, 1.807) is 11.3 Å². The van der Waals surface area contributed by atoms with E-state index >= 15 is 0 Å². The van der Waals surface area contributed by atoms with E-state index in [-0.39, 0.29) is 0 Å². The molecular formula is C10H14ClNOS. The zero-order valence-electron chi connectivity index (χ0n) is 7.92. The number of hydrogen-bond donors (Lipinski definition) is 2. The molecule has 78 valence electrons. The molecule has 1 atom stereocenters. The highest BCUT2D eigenvalue weighted by molar-refractivity contribution is 7.10. The van der Waals surface area contributed by atoms with Crippen LogP contribution in [0.5, 0.6) is 0 Å². The van der Waals surface area contributed by atoms with Crippen LogP contribution in [0, 0.1) is 0 Å². The Morgan fingerprint density at radius 2 is 2.29 bits per heavy atom. The molecule has 0 bridgehead atoms. The van der Waals surface area contributed by atoms with Crippen molar-refractivity contribution in [3.8, 4) is 0 Å². The van der Waals surface area contributed by atoms with Gasteiger partial charge in [-0.1, -0.05) is 11.6 Å². The van der Waals surface area contributed by atoms with Gasteiger partial charge in [0.1, 0.15) is 5.60 Å². The summed E-state index contributed by atoms with van der Waals surface area (Å²) in [5, 5.41) is 16.4. The molecule has 1 aliphatic heterocycles. The largest absolute Gasteiger partial charge is 0.384 e. The summed E-state index contributed by atoms with van der Waals surface area (Å²) in [6.07, 6.45) is 2.57. The number of halogens is 1. The number of rotatable bonds is 1. The number of aliphatic hydroxyl groups is 1. The van der Waals surface area contributed by atoms with Crippen molar-refractivity contribution in [2.24, 2.45) is 0 Å². The molecule has 2 N–H and O–H groups in total. The Morgan fingerprint density at radius 1 is 1.43 bits per heavy atom. The molecule has 1 unspecified atom stereocenters. The van der Waals surface area contributed by atoms with Crippen LogP contribution in [-0.2, 0) is 5.60 Å². The standard InChI is InChI=1S/C10H14ClNOS/c11-8-2-7-14-9(8)10(13)3-1-5-12-6-4-10/h2,7,12-13H,1,3-6H2. The maximum atomic E-state index is 10.5. The molecule has 0 radical (unpaired) electrons. The van der Waals surface area contributed by atoms with Gasteiger partial charge in [-0.15, -0.1) is 11.3 Å². The molecule has 0 amide bonds. The second kappa shape index (κ2) is 4.19. The second-order valence-corrected chi connectivity index (χ2v) is 5.06. The fourth-order valence-electron chi connectivity index (χ4n) is 1.90. The van der Waals surface area contributed by atoms with E-state index < -0.39 is 5.60 Å². The molecule has 2 nitrogen and oxygen atoms in total. The van der Waals surface area contributed by atoms with E-state index in [0.717, 1.165) is 37.2 Å². The van der Waals surface area contributed by atoms with Gasteiger partial charge in [-0.3, -0.25) is 0 Å². The smallest absolute Gasteiger partial charge is 0.101 e. The molecule has 1 saturated heterocycles. The van der Waals surface area contributed by atoms with Crippen LogP contribution in [0.15, 0.2) is 11.4 Å². The normalized spacial score (nSPS) is 28.7. The van der Waals surface area contributed by atoms with Crippen LogP contribution in [0.25, 0.3) is 0 Å². The summed E-state index contributed by atoms with van der Waals surface area (Å²) in [6, 6.07) is 1.86. The van der Waals surface area contributed by atoms with Crippen molar-refractivity contribution in [1.29, 1.82) is 0 Å². The van der Waals surface area contributed by atoms with Crippen LogP contribution in [0.1, 0.15) is 24.1 Å². The first-order chi connectivity index (χ1) is 6.72. The molecule has 14 heavy (non-hydrogen) atoms. The Hall–Kier alpha value is -0.0900. The minimum Gasteiger partial charge on any atom is -0.384 e. The molecule has 0 aliphatic carbocycles. The topological polar surface area (TPSA) is 32.3 Å². The van der Waals surface area contributed by atoms with Crippen molar-refractivity contribution in [2.75, 3.05) is 13.1 Å². The van der Waals surface area contributed by atoms with Gasteiger partial charge in [0.15, 0.2) is 0 Å². The molecule has 1 fully saturated rings. The van der Waals surface area contributed by atoms with Crippen LogP contribution < -0.4 is 5.32 Å². The Morgan fingerprint density at radius 3 is 3.00 bits per heavy atom. The lowest BCUT2D eigenvalue weighted by atomic mass is 9.93. The third kappa shape index (κ3) is 1.96. The minimum atomic E-state index is -0.700. The molecule has 0 saturated carbocycles. The third-order valence-corrected chi connectivity index (χ3v) is 4.23. The molecular weight excluding hydrogens is 218 g/mol. The van der Waals surface area contributed by atoms with Crippen LogP contribution in [0.2, 0.25) is 5.02 Å². The van der Waals surface area contributed by atoms with Crippen LogP contribution in [0.4, 0.5) is 0 Å². The second-order valence-electron chi connectivity index (χ2n) is 3.73. The predicted octanol–water partition coefficient (Wildman–Crippen LogP) is 2.36. The van der Waals surface area contributed by atoms with Gasteiger partial charge < -0.3 is 10.4 Å². The fourth-order valence-corrected chi connectivity index (χ4v) is 3.30. The number of nitrogens with one attached hydrogen (secondary N) is 1. The van der Waals surface area contributed by atoms with Gasteiger partial charge in [0, 0.05) is 0 Å². The number of hydrogen-bond acceptors (Lipinski definition) is 3. The maximum Gasteiger partial charge on any atom is 0.101 e. The average Bonchev–Trinajstić information content (AvgIpc) is 2.46. The van der Waals surface area contributed by atoms with Crippen molar-refractivity contribution in [3.63, 3.8) is 0 Å². The number of thiophene rings is 1. The SMILES string of the molecule is OC1(c2sccc2Cl)CCCNCC1. The summed E-state index contributed by atoms with van der Waals surface area (Å²) < 4.78 is 0. The Labute approximate surface area is 92.9 Å².